The number of sulfonamides is 1. The van der Waals surface area contributed by atoms with E-state index in [1.54, 1.807) is 18.3 Å². The van der Waals surface area contributed by atoms with Gasteiger partial charge in [-0.15, -0.1) is 0 Å². The zero-order valence-electron chi connectivity index (χ0n) is 10.1. The van der Waals surface area contributed by atoms with Crippen LogP contribution in [0.3, 0.4) is 0 Å². The fourth-order valence-corrected chi connectivity index (χ4v) is 2.94. The lowest BCUT2D eigenvalue weighted by Gasteiger charge is -2.05. The Morgan fingerprint density at radius 3 is 3.00 bits per heavy atom. The maximum absolute atomic E-state index is 12.1. The molecule has 6 nitrogen and oxygen atoms in total. The zero-order chi connectivity index (χ0) is 13.0. The second kappa shape index (κ2) is 5.47. The number of nitrogens with zero attached hydrogens (tertiary/aromatic N) is 1. The molecular weight excluding hydrogens is 252 g/mol. The predicted octanol–water partition coefficient (Wildman–Crippen LogP) is 0.451. The summed E-state index contributed by atoms with van der Waals surface area (Å²) in [7, 11) is -1.64. The lowest BCUT2D eigenvalue weighted by molar-refractivity contribution is 0.578. The molecule has 0 saturated heterocycles. The van der Waals surface area contributed by atoms with Gasteiger partial charge in [-0.25, -0.2) is 18.1 Å². The van der Waals surface area contributed by atoms with E-state index in [-0.39, 0.29) is 4.90 Å². The van der Waals surface area contributed by atoms with E-state index in [9.17, 15) is 8.42 Å². The number of nitrogens with one attached hydrogen (secondary N) is 3. The second-order valence-corrected chi connectivity index (χ2v) is 5.64. The van der Waals surface area contributed by atoms with E-state index in [1.165, 1.54) is 6.20 Å². The molecule has 0 aliphatic heterocycles. The molecule has 7 heteroatoms. The number of hydrogen-bond donors (Lipinski definition) is 3. The molecule has 2 aromatic heterocycles. The third-order valence-corrected chi connectivity index (χ3v) is 4.10. The summed E-state index contributed by atoms with van der Waals surface area (Å²) < 4.78 is 26.8. The van der Waals surface area contributed by atoms with E-state index in [2.05, 4.69) is 20.0 Å². The molecule has 3 N–H and O–H groups in total. The van der Waals surface area contributed by atoms with Gasteiger partial charge in [-0.2, -0.15) is 0 Å². The van der Waals surface area contributed by atoms with Crippen molar-refractivity contribution >= 4 is 21.1 Å². The first-order valence-electron chi connectivity index (χ1n) is 5.71. The maximum Gasteiger partial charge on any atom is 0.242 e. The van der Waals surface area contributed by atoms with Crippen molar-refractivity contribution in [3.8, 4) is 0 Å². The summed E-state index contributed by atoms with van der Waals surface area (Å²) in [6, 6.07) is 3.46. The molecule has 0 atom stereocenters. The fraction of sp³-hybridized carbons (Fsp3) is 0.364. The molecule has 2 heterocycles. The Morgan fingerprint density at radius 2 is 2.22 bits per heavy atom. The normalized spacial score (nSPS) is 12.1. The van der Waals surface area contributed by atoms with Gasteiger partial charge >= 0.3 is 0 Å². The standard InChI is InChI=1S/C11H16N4O2S/c1-12-5-3-7-15-18(16,17)10-8-14-11-9(10)4-2-6-13-11/h2,4,6,8,12,15H,3,5,7H2,1H3,(H,13,14). The molecule has 18 heavy (non-hydrogen) atoms. The van der Waals surface area contributed by atoms with E-state index in [1.807, 2.05) is 7.05 Å². The minimum Gasteiger partial charge on any atom is -0.345 e. The molecular formula is C11H16N4O2S. The third kappa shape index (κ3) is 2.69. The summed E-state index contributed by atoms with van der Waals surface area (Å²) in [5.74, 6) is 0. The Labute approximate surface area is 106 Å². The van der Waals surface area contributed by atoms with Gasteiger partial charge in [-0.05, 0) is 32.1 Å². The summed E-state index contributed by atoms with van der Waals surface area (Å²) in [6.45, 7) is 1.19. The zero-order valence-corrected chi connectivity index (χ0v) is 10.9. The van der Waals surface area contributed by atoms with E-state index in [0.29, 0.717) is 17.6 Å². The quantitative estimate of drug-likeness (QED) is 0.664. The van der Waals surface area contributed by atoms with Crippen molar-refractivity contribution < 1.29 is 8.42 Å². The molecule has 0 saturated carbocycles. The number of pyridine rings is 1. The largest absolute Gasteiger partial charge is 0.345 e. The first kappa shape index (κ1) is 13.0. The predicted molar refractivity (Wildman–Crippen MR) is 69.8 cm³/mol. The van der Waals surface area contributed by atoms with Crippen molar-refractivity contribution in [2.75, 3.05) is 20.1 Å². The smallest absolute Gasteiger partial charge is 0.242 e. The highest BCUT2D eigenvalue weighted by Gasteiger charge is 2.18. The molecule has 0 radical (unpaired) electrons. The van der Waals surface area contributed by atoms with Gasteiger partial charge in [0, 0.05) is 24.3 Å². The minimum atomic E-state index is -3.47. The Balaban J connectivity index is 2.19. The van der Waals surface area contributed by atoms with Crippen LogP contribution in [0.4, 0.5) is 0 Å². The summed E-state index contributed by atoms with van der Waals surface area (Å²) in [4.78, 5) is 7.17. The number of aromatic nitrogens is 2. The van der Waals surface area contributed by atoms with E-state index in [0.717, 1.165) is 13.0 Å². The minimum absolute atomic E-state index is 0.245. The van der Waals surface area contributed by atoms with Gasteiger partial charge in [-0.1, -0.05) is 0 Å². The van der Waals surface area contributed by atoms with Crippen LogP contribution in [0.5, 0.6) is 0 Å². The fourth-order valence-electron chi connectivity index (χ4n) is 1.70. The summed E-state index contributed by atoms with van der Waals surface area (Å²) >= 11 is 0. The van der Waals surface area contributed by atoms with Crippen molar-refractivity contribution in [2.24, 2.45) is 0 Å². The van der Waals surface area contributed by atoms with E-state index >= 15 is 0 Å². The molecule has 2 aromatic rings. The average Bonchev–Trinajstić information content (AvgIpc) is 2.79. The van der Waals surface area contributed by atoms with Crippen molar-refractivity contribution in [1.29, 1.82) is 0 Å². The van der Waals surface area contributed by atoms with Gasteiger partial charge in [0.25, 0.3) is 0 Å². The SMILES string of the molecule is CNCCCNS(=O)(=O)c1c[nH]c2ncccc12. The Bertz CT molecular complexity index is 621. The van der Waals surface area contributed by atoms with E-state index in [4.69, 9.17) is 0 Å². The van der Waals surface area contributed by atoms with Crippen LogP contribution in [0, 0.1) is 0 Å². The van der Waals surface area contributed by atoms with Crippen LogP contribution in [-0.2, 0) is 10.0 Å². The van der Waals surface area contributed by atoms with Gasteiger partial charge in [0.2, 0.25) is 10.0 Å². The van der Waals surface area contributed by atoms with Crippen molar-refractivity contribution in [1.82, 2.24) is 20.0 Å². The molecule has 0 aliphatic carbocycles. The molecule has 0 amide bonds. The van der Waals surface area contributed by atoms with E-state index < -0.39 is 10.0 Å². The number of hydrogen-bond acceptors (Lipinski definition) is 4. The topological polar surface area (TPSA) is 86.9 Å². The maximum atomic E-state index is 12.1. The first-order chi connectivity index (χ1) is 8.65. The van der Waals surface area contributed by atoms with Crippen LogP contribution in [0.25, 0.3) is 11.0 Å². The molecule has 2 rings (SSSR count). The first-order valence-corrected chi connectivity index (χ1v) is 7.20. The van der Waals surface area contributed by atoms with Gasteiger partial charge in [-0.3, -0.25) is 0 Å². The van der Waals surface area contributed by atoms with Gasteiger partial charge in [0.1, 0.15) is 10.5 Å². The Morgan fingerprint density at radius 1 is 1.39 bits per heavy atom. The second-order valence-electron chi connectivity index (χ2n) is 3.91. The molecule has 0 fully saturated rings. The van der Waals surface area contributed by atoms with Crippen LogP contribution in [0.2, 0.25) is 0 Å². The molecule has 98 valence electrons. The van der Waals surface area contributed by atoms with Crippen LogP contribution < -0.4 is 10.0 Å². The Hall–Kier alpha value is -1.44. The van der Waals surface area contributed by atoms with Gasteiger partial charge < -0.3 is 10.3 Å². The lowest BCUT2D eigenvalue weighted by atomic mass is 10.3. The summed E-state index contributed by atoms with van der Waals surface area (Å²) in [6.07, 6.45) is 3.84. The number of H-pyrrole nitrogens is 1. The molecule has 0 spiro atoms. The average molecular weight is 268 g/mol. The van der Waals surface area contributed by atoms with Crippen LogP contribution in [0.1, 0.15) is 6.42 Å². The highest BCUT2D eigenvalue weighted by molar-refractivity contribution is 7.89. The number of aromatic amines is 1. The summed E-state index contributed by atoms with van der Waals surface area (Å²) in [5.41, 5.74) is 0.577. The number of fused-ring (bicyclic) bond motifs is 1. The third-order valence-electron chi connectivity index (χ3n) is 2.60. The molecule has 0 unspecified atom stereocenters. The highest BCUT2D eigenvalue weighted by atomic mass is 32.2. The van der Waals surface area contributed by atoms with Crippen LogP contribution in [-0.4, -0.2) is 38.5 Å². The monoisotopic (exact) mass is 268 g/mol. The van der Waals surface area contributed by atoms with Crippen molar-refractivity contribution in [3.05, 3.63) is 24.5 Å². The van der Waals surface area contributed by atoms with Gasteiger partial charge in [0.15, 0.2) is 0 Å². The van der Waals surface area contributed by atoms with Crippen molar-refractivity contribution in [3.63, 3.8) is 0 Å². The molecule has 0 bridgehead atoms. The van der Waals surface area contributed by atoms with Crippen LogP contribution in [0.15, 0.2) is 29.4 Å². The summed E-state index contributed by atoms with van der Waals surface area (Å²) in [5, 5.41) is 3.58. The van der Waals surface area contributed by atoms with Crippen LogP contribution >= 0.6 is 0 Å². The van der Waals surface area contributed by atoms with Crippen molar-refractivity contribution in [2.45, 2.75) is 11.3 Å². The molecule has 0 aromatic carbocycles. The lowest BCUT2D eigenvalue weighted by Crippen LogP contribution is -2.26. The number of rotatable bonds is 6. The Kier molecular flexibility index (Phi) is 3.95. The highest BCUT2D eigenvalue weighted by Crippen LogP contribution is 2.20. The molecule has 0 aliphatic rings. The van der Waals surface area contributed by atoms with Gasteiger partial charge in [0.05, 0.1) is 0 Å².